The number of ketones is 1. The second kappa shape index (κ2) is 2.23. The maximum atomic E-state index is 11.8. The van der Waals surface area contributed by atoms with Crippen LogP contribution >= 0.6 is 0 Å². The maximum absolute atomic E-state index is 11.8. The number of fused-ring (bicyclic) bond motifs is 1. The Bertz CT molecular complexity index is 338. The number of nitriles is 1. The summed E-state index contributed by atoms with van der Waals surface area (Å²) >= 11 is 0. The molecule has 0 spiro atoms. The molecule has 0 aromatic heterocycles. The topological polar surface area (TPSA) is 40.9 Å². The third-order valence-corrected chi connectivity index (χ3v) is 4.06. The molecular weight excluding hydrogens is 162 g/mol. The molecule has 3 atom stereocenters. The van der Waals surface area contributed by atoms with Crippen LogP contribution in [0.3, 0.4) is 0 Å². The van der Waals surface area contributed by atoms with E-state index >= 15 is 0 Å². The molecule has 13 heavy (non-hydrogen) atoms. The van der Waals surface area contributed by atoms with Crippen molar-refractivity contribution in [3.05, 3.63) is 12.2 Å². The number of Topliss-reactive ketones (excluding diaryl/α,β-unsaturated/α-hetero) is 1. The van der Waals surface area contributed by atoms with E-state index in [0.29, 0.717) is 6.42 Å². The molecule has 0 bridgehead atoms. The molecule has 68 valence electrons. The minimum Gasteiger partial charge on any atom is -0.299 e. The first-order valence-electron chi connectivity index (χ1n) is 4.65. The molecule has 0 aliphatic heterocycles. The van der Waals surface area contributed by atoms with Crippen LogP contribution in [-0.4, -0.2) is 5.78 Å². The van der Waals surface area contributed by atoms with Crippen molar-refractivity contribution in [3.8, 4) is 6.07 Å². The third-order valence-electron chi connectivity index (χ3n) is 4.06. The van der Waals surface area contributed by atoms with Gasteiger partial charge >= 0.3 is 0 Å². The molecule has 3 unspecified atom stereocenters. The van der Waals surface area contributed by atoms with Crippen LogP contribution in [0.2, 0.25) is 0 Å². The number of hydrogen-bond donors (Lipinski definition) is 0. The molecule has 0 aromatic carbocycles. The first kappa shape index (κ1) is 8.50. The van der Waals surface area contributed by atoms with Gasteiger partial charge in [-0.05, 0) is 6.42 Å². The van der Waals surface area contributed by atoms with Gasteiger partial charge in [0.1, 0.15) is 5.78 Å². The van der Waals surface area contributed by atoms with E-state index < -0.39 is 0 Å². The summed E-state index contributed by atoms with van der Waals surface area (Å²) in [5.74, 6) is 0.135. The number of nitrogens with zero attached hydrogens (tertiary/aromatic N) is 1. The summed E-state index contributed by atoms with van der Waals surface area (Å²) in [4.78, 5) is 11.8. The Hall–Kier alpha value is -1.10. The van der Waals surface area contributed by atoms with E-state index in [0.717, 1.165) is 6.42 Å². The number of allylic oxidation sites excluding steroid dienone is 2. The van der Waals surface area contributed by atoms with Gasteiger partial charge in [-0.2, -0.15) is 5.26 Å². The van der Waals surface area contributed by atoms with Gasteiger partial charge in [-0.3, -0.25) is 4.79 Å². The van der Waals surface area contributed by atoms with Gasteiger partial charge in [0.2, 0.25) is 0 Å². The van der Waals surface area contributed by atoms with E-state index in [9.17, 15) is 4.79 Å². The van der Waals surface area contributed by atoms with Gasteiger partial charge in [-0.1, -0.05) is 26.0 Å². The van der Waals surface area contributed by atoms with Crippen LogP contribution in [0.4, 0.5) is 0 Å². The lowest BCUT2D eigenvalue weighted by Gasteiger charge is -2.33. The summed E-state index contributed by atoms with van der Waals surface area (Å²) in [5, 5.41) is 8.97. The molecule has 2 heteroatoms. The number of carbonyl (C=O) groups excluding carboxylic acids is 1. The zero-order valence-corrected chi connectivity index (χ0v) is 8.00. The highest BCUT2D eigenvalue weighted by Gasteiger charge is 2.60. The van der Waals surface area contributed by atoms with Crippen molar-refractivity contribution < 1.29 is 4.79 Å². The first-order valence-corrected chi connectivity index (χ1v) is 4.65. The smallest absolute Gasteiger partial charge is 0.141 e. The highest BCUT2D eigenvalue weighted by Crippen LogP contribution is 2.59. The lowest BCUT2D eigenvalue weighted by molar-refractivity contribution is -0.126. The summed E-state index contributed by atoms with van der Waals surface area (Å²) in [5.41, 5.74) is -0.508. The van der Waals surface area contributed by atoms with Crippen molar-refractivity contribution in [2.24, 2.45) is 16.7 Å². The summed E-state index contributed by atoms with van der Waals surface area (Å²) in [7, 11) is 0. The van der Waals surface area contributed by atoms with Gasteiger partial charge in [0.15, 0.2) is 0 Å². The lowest BCUT2D eigenvalue weighted by Crippen LogP contribution is -2.34. The van der Waals surface area contributed by atoms with E-state index in [1.54, 1.807) is 0 Å². The quantitative estimate of drug-likeness (QED) is 0.529. The van der Waals surface area contributed by atoms with Crippen LogP contribution in [0.25, 0.3) is 0 Å². The molecule has 2 nitrogen and oxygen atoms in total. The van der Waals surface area contributed by atoms with Crippen LogP contribution in [0.1, 0.15) is 26.7 Å². The molecule has 2 aliphatic carbocycles. The monoisotopic (exact) mass is 175 g/mol. The molecule has 0 N–H and O–H groups in total. The fourth-order valence-electron chi connectivity index (χ4n) is 2.66. The highest BCUT2D eigenvalue weighted by atomic mass is 16.1. The summed E-state index contributed by atoms with van der Waals surface area (Å²) in [6.45, 7) is 4.03. The molecule has 1 fully saturated rings. The van der Waals surface area contributed by atoms with Gasteiger partial charge in [0, 0.05) is 17.3 Å². The highest BCUT2D eigenvalue weighted by molar-refractivity contribution is 5.90. The van der Waals surface area contributed by atoms with Gasteiger partial charge in [-0.15, -0.1) is 0 Å². The summed E-state index contributed by atoms with van der Waals surface area (Å²) in [6.07, 6.45) is 5.35. The molecular formula is C11H13NO. The van der Waals surface area contributed by atoms with Crippen LogP contribution in [0.15, 0.2) is 12.2 Å². The molecule has 0 radical (unpaired) electrons. The molecule has 1 saturated carbocycles. The lowest BCUT2D eigenvalue weighted by atomic mass is 9.67. The Morgan fingerprint density at radius 1 is 1.62 bits per heavy atom. The van der Waals surface area contributed by atoms with E-state index in [2.05, 4.69) is 12.1 Å². The molecule has 2 rings (SSSR count). The van der Waals surface area contributed by atoms with Gasteiger partial charge < -0.3 is 0 Å². The average Bonchev–Trinajstić information content (AvgIpc) is 2.47. The summed E-state index contributed by atoms with van der Waals surface area (Å²) < 4.78 is 0. The van der Waals surface area contributed by atoms with E-state index in [1.165, 1.54) is 0 Å². The largest absolute Gasteiger partial charge is 0.299 e. The minimum atomic E-state index is -0.298. The van der Waals surface area contributed by atoms with Crippen LogP contribution in [0.5, 0.6) is 0 Å². The van der Waals surface area contributed by atoms with Crippen molar-refractivity contribution in [1.82, 2.24) is 0 Å². The van der Waals surface area contributed by atoms with Crippen LogP contribution in [-0.2, 0) is 4.79 Å². The zero-order valence-electron chi connectivity index (χ0n) is 8.00. The second-order valence-electron chi connectivity index (χ2n) is 4.53. The van der Waals surface area contributed by atoms with E-state index in [-0.39, 0.29) is 22.5 Å². The zero-order chi connectivity index (χ0) is 9.69. The van der Waals surface area contributed by atoms with Crippen molar-refractivity contribution in [2.45, 2.75) is 26.7 Å². The van der Waals surface area contributed by atoms with Gasteiger partial charge in [0.05, 0.1) is 12.0 Å². The second-order valence-corrected chi connectivity index (χ2v) is 4.53. The Balaban J connectivity index is 2.52. The Labute approximate surface area is 78.2 Å². The Morgan fingerprint density at radius 3 is 2.92 bits per heavy atom. The molecule has 2 aliphatic rings. The van der Waals surface area contributed by atoms with Crippen molar-refractivity contribution >= 4 is 5.78 Å². The average molecular weight is 175 g/mol. The number of carbonyl (C=O) groups is 1. The molecule has 0 aromatic rings. The predicted molar refractivity (Wildman–Crippen MR) is 48.7 cm³/mol. The first-order chi connectivity index (χ1) is 6.04. The van der Waals surface area contributed by atoms with Gasteiger partial charge in [-0.25, -0.2) is 0 Å². The fourth-order valence-corrected chi connectivity index (χ4v) is 2.66. The fraction of sp³-hybridized carbons (Fsp3) is 0.636. The Morgan fingerprint density at radius 2 is 2.31 bits per heavy atom. The Kier molecular flexibility index (Phi) is 1.46. The maximum Gasteiger partial charge on any atom is 0.141 e. The summed E-state index contributed by atoms with van der Waals surface area (Å²) in [6, 6.07) is 2.26. The molecule has 0 saturated heterocycles. The minimum absolute atomic E-state index is 0.122. The van der Waals surface area contributed by atoms with E-state index in [4.69, 9.17) is 5.26 Å². The standard InChI is InChI=1S/C11H13NO/c1-10-4-3-5-11(10,2)9(13)6-8(10)7-12/h3-4,8H,5-6H2,1-2H3. The van der Waals surface area contributed by atoms with Crippen LogP contribution < -0.4 is 0 Å². The van der Waals surface area contributed by atoms with Crippen molar-refractivity contribution in [2.75, 3.05) is 0 Å². The normalized spacial score (nSPS) is 47.8. The van der Waals surface area contributed by atoms with Gasteiger partial charge in [0.25, 0.3) is 0 Å². The number of rotatable bonds is 0. The van der Waals surface area contributed by atoms with Crippen LogP contribution in [0, 0.1) is 28.1 Å². The molecule has 0 amide bonds. The van der Waals surface area contributed by atoms with Crippen molar-refractivity contribution in [3.63, 3.8) is 0 Å². The number of hydrogen-bond acceptors (Lipinski definition) is 2. The molecule has 0 heterocycles. The van der Waals surface area contributed by atoms with E-state index in [1.807, 2.05) is 19.9 Å². The van der Waals surface area contributed by atoms with Crippen molar-refractivity contribution in [1.29, 1.82) is 5.26 Å². The SMILES string of the molecule is CC12CC=CC1(C)C(C#N)CC2=O. The predicted octanol–water partition coefficient (Wildman–Crippen LogP) is 2.07. The third kappa shape index (κ3) is 0.751.